The van der Waals surface area contributed by atoms with Gasteiger partial charge in [-0.2, -0.15) is 0 Å². The summed E-state index contributed by atoms with van der Waals surface area (Å²) in [6.07, 6.45) is 1.71. The predicted octanol–water partition coefficient (Wildman–Crippen LogP) is 1.01. The maximum Gasteiger partial charge on any atom is 0.232 e. The molecule has 1 aromatic heterocycles. The number of halogens is 1. The molecule has 0 spiro atoms. The van der Waals surface area contributed by atoms with Gasteiger partial charge >= 0.3 is 0 Å². The Morgan fingerprint density at radius 3 is 2.95 bits per heavy atom. The van der Waals surface area contributed by atoms with Crippen molar-refractivity contribution in [3.8, 4) is 5.88 Å². The van der Waals surface area contributed by atoms with Gasteiger partial charge < -0.3 is 9.64 Å². The molecule has 6 nitrogen and oxygen atoms in total. The van der Waals surface area contributed by atoms with Gasteiger partial charge in [-0.3, -0.25) is 4.79 Å². The molecular formula is C11H13ClN2O4S. The normalized spacial score (nSPS) is 19.8. The molecule has 19 heavy (non-hydrogen) atoms. The van der Waals surface area contributed by atoms with Gasteiger partial charge in [-0.05, 0) is 6.07 Å². The van der Waals surface area contributed by atoms with Gasteiger partial charge in [-0.15, -0.1) is 0 Å². The maximum atomic E-state index is 11.9. The molecule has 0 saturated carbocycles. The third-order valence-corrected chi connectivity index (χ3v) is 4.13. The Morgan fingerprint density at radius 1 is 1.58 bits per heavy atom. The Hall–Kier alpha value is -1.34. The molecule has 1 aliphatic rings. The third kappa shape index (κ3) is 3.57. The van der Waals surface area contributed by atoms with Crippen molar-refractivity contribution >= 4 is 31.3 Å². The van der Waals surface area contributed by atoms with E-state index in [0.29, 0.717) is 18.1 Å². The summed E-state index contributed by atoms with van der Waals surface area (Å²) in [6.45, 7) is 0.331. The van der Waals surface area contributed by atoms with Crippen LogP contribution in [0.3, 0.4) is 0 Å². The molecule has 0 radical (unpaired) electrons. The van der Waals surface area contributed by atoms with Crippen molar-refractivity contribution in [2.45, 2.75) is 6.42 Å². The Kier molecular flexibility index (Phi) is 3.96. The standard InChI is InChI=1S/C11H13ClN2O4S/c1-18-10-5-9(2-3-13-10)14-6-8(4-11(14)15)7-19(12,16)17/h2-3,5,8H,4,6-7H2,1H3. The smallest absolute Gasteiger partial charge is 0.232 e. The molecule has 104 valence electrons. The Balaban J connectivity index is 2.15. The van der Waals surface area contributed by atoms with Crippen molar-refractivity contribution < 1.29 is 17.9 Å². The maximum absolute atomic E-state index is 11.9. The number of ether oxygens (including phenoxy) is 1. The lowest BCUT2D eigenvalue weighted by molar-refractivity contribution is -0.117. The van der Waals surface area contributed by atoms with Crippen LogP contribution in [-0.2, 0) is 13.8 Å². The van der Waals surface area contributed by atoms with Gasteiger partial charge in [0.15, 0.2) is 0 Å². The van der Waals surface area contributed by atoms with E-state index < -0.39 is 9.05 Å². The quantitative estimate of drug-likeness (QED) is 0.776. The predicted molar refractivity (Wildman–Crippen MR) is 70.9 cm³/mol. The van der Waals surface area contributed by atoms with Crippen molar-refractivity contribution in [2.75, 3.05) is 24.3 Å². The summed E-state index contributed by atoms with van der Waals surface area (Å²) >= 11 is 0. The number of nitrogens with zero attached hydrogens (tertiary/aromatic N) is 2. The van der Waals surface area contributed by atoms with Crippen molar-refractivity contribution in [3.05, 3.63) is 18.3 Å². The van der Waals surface area contributed by atoms with E-state index in [4.69, 9.17) is 15.4 Å². The fourth-order valence-electron chi connectivity index (χ4n) is 2.10. The van der Waals surface area contributed by atoms with Crippen LogP contribution in [0.2, 0.25) is 0 Å². The molecule has 0 N–H and O–H groups in total. The molecule has 0 aliphatic carbocycles. The monoisotopic (exact) mass is 304 g/mol. The number of rotatable bonds is 4. The van der Waals surface area contributed by atoms with Crippen LogP contribution < -0.4 is 9.64 Å². The Morgan fingerprint density at radius 2 is 2.32 bits per heavy atom. The zero-order valence-electron chi connectivity index (χ0n) is 10.2. The van der Waals surface area contributed by atoms with Gasteiger partial charge in [0.05, 0.1) is 18.6 Å². The number of carbonyl (C=O) groups is 1. The highest BCUT2D eigenvalue weighted by atomic mass is 35.7. The minimum atomic E-state index is -3.59. The molecule has 2 rings (SSSR count). The van der Waals surface area contributed by atoms with E-state index in [-0.39, 0.29) is 24.0 Å². The molecular weight excluding hydrogens is 292 g/mol. The van der Waals surface area contributed by atoms with E-state index in [2.05, 4.69) is 4.98 Å². The summed E-state index contributed by atoms with van der Waals surface area (Å²) in [6, 6.07) is 3.31. The van der Waals surface area contributed by atoms with E-state index in [0.717, 1.165) is 0 Å². The van der Waals surface area contributed by atoms with Crippen LogP contribution >= 0.6 is 10.7 Å². The Labute approximate surface area is 115 Å². The topological polar surface area (TPSA) is 76.6 Å². The molecule has 1 amide bonds. The van der Waals surface area contributed by atoms with Crippen molar-refractivity contribution in [1.29, 1.82) is 0 Å². The number of hydrogen-bond donors (Lipinski definition) is 0. The Bertz CT molecular complexity index is 590. The van der Waals surface area contributed by atoms with E-state index in [9.17, 15) is 13.2 Å². The zero-order chi connectivity index (χ0) is 14.0. The first kappa shape index (κ1) is 14.1. The van der Waals surface area contributed by atoms with Crippen LogP contribution in [0.1, 0.15) is 6.42 Å². The average Bonchev–Trinajstić information content (AvgIpc) is 2.68. The first-order valence-electron chi connectivity index (χ1n) is 5.62. The van der Waals surface area contributed by atoms with Gasteiger partial charge in [0.2, 0.25) is 20.8 Å². The lowest BCUT2D eigenvalue weighted by Crippen LogP contribution is -2.25. The second-order valence-electron chi connectivity index (χ2n) is 4.34. The van der Waals surface area contributed by atoms with Gasteiger partial charge in [0.1, 0.15) is 0 Å². The highest BCUT2D eigenvalue weighted by Crippen LogP contribution is 2.27. The van der Waals surface area contributed by atoms with Gasteiger partial charge in [-0.1, -0.05) is 0 Å². The fraction of sp³-hybridized carbons (Fsp3) is 0.455. The molecule has 1 saturated heterocycles. The molecule has 1 fully saturated rings. The van der Waals surface area contributed by atoms with Crippen molar-refractivity contribution in [1.82, 2.24) is 4.98 Å². The summed E-state index contributed by atoms with van der Waals surface area (Å²) < 4.78 is 27.1. The number of carbonyl (C=O) groups excluding carboxylic acids is 1. The van der Waals surface area contributed by atoms with E-state index in [1.165, 1.54) is 18.2 Å². The molecule has 1 atom stereocenters. The third-order valence-electron chi connectivity index (χ3n) is 2.88. The second-order valence-corrected chi connectivity index (χ2v) is 7.16. The summed E-state index contributed by atoms with van der Waals surface area (Å²) in [4.78, 5) is 17.4. The van der Waals surface area contributed by atoms with Crippen LogP contribution in [0.4, 0.5) is 5.69 Å². The number of pyridine rings is 1. The second kappa shape index (κ2) is 5.34. The number of aromatic nitrogens is 1. The van der Waals surface area contributed by atoms with Crippen LogP contribution in [0.5, 0.6) is 5.88 Å². The molecule has 1 unspecified atom stereocenters. The largest absolute Gasteiger partial charge is 0.481 e. The number of hydrogen-bond acceptors (Lipinski definition) is 5. The average molecular weight is 305 g/mol. The lowest BCUT2D eigenvalue weighted by atomic mass is 10.1. The van der Waals surface area contributed by atoms with E-state index in [1.54, 1.807) is 12.1 Å². The van der Waals surface area contributed by atoms with Crippen LogP contribution in [0, 0.1) is 5.92 Å². The summed E-state index contributed by atoms with van der Waals surface area (Å²) in [5, 5.41) is 0. The van der Waals surface area contributed by atoms with E-state index in [1.807, 2.05) is 0 Å². The molecule has 1 aromatic rings. The molecule has 0 aromatic carbocycles. The fourth-order valence-corrected chi connectivity index (χ4v) is 3.42. The van der Waals surface area contributed by atoms with Gasteiger partial charge in [0, 0.05) is 41.8 Å². The summed E-state index contributed by atoms with van der Waals surface area (Å²) in [5.41, 5.74) is 0.645. The number of amides is 1. The first-order valence-corrected chi connectivity index (χ1v) is 8.09. The number of methoxy groups -OCH3 is 1. The van der Waals surface area contributed by atoms with Gasteiger partial charge in [-0.25, -0.2) is 13.4 Å². The minimum Gasteiger partial charge on any atom is -0.481 e. The molecule has 2 heterocycles. The molecule has 0 bridgehead atoms. The summed E-state index contributed by atoms with van der Waals surface area (Å²) in [5.74, 6) is -0.203. The van der Waals surface area contributed by atoms with Gasteiger partial charge in [0.25, 0.3) is 0 Å². The number of anilines is 1. The SMILES string of the molecule is COc1cc(N2CC(CS(=O)(=O)Cl)CC2=O)ccn1. The van der Waals surface area contributed by atoms with Crippen LogP contribution in [-0.4, -0.2) is 38.7 Å². The zero-order valence-corrected chi connectivity index (χ0v) is 11.8. The van der Waals surface area contributed by atoms with Crippen molar-refractivity contribution in [2.24, 2.45) is 5.92 Å². The lowest BCUT2D eigenvalue weighted by Gasteiger charge is -2.16. The highest BCUT2D eigenvalue weighted by Gasteiger charge is 2.33. The van der Waals surface area contributed by atoms with Crippen LogP contribution in [0.25, 0.3) is 0 Å². The first-order chi connectivity index (χ1) is 8.89. The molecule has 8 heteroatoms. The minimum absolute atomic E-state index is 0.126. The van der Waals surface area contributed by atoms with Crippen molar-refractivity contribution in [3.63, 3.8) is 0 Å². The van der Waals surface area contributed by atoms with E-state index >= 15 is 0 Å². The summed E-state index contributed by atoms with van der Waals surface area (Å²) in [7, 11) is 3.11. The highest BCUT2D eigenvalue weighted by molar-refractivity contribution is 8.13. The molecule has 1 aliphatic heterocycles. The van der Waals surface area contributed by atoms with Crippen LogP contribution in [0.15, 0.2) is 18.3 Å².